The number of rotatable bonds is 5. The van der Waals surface area contributed by atoms with Crippen LogP contribution in [-0.4, -0.2) is 62.5 Å². The van der Waals surface area contributed by atoms with E-state index in [1.807, 2.05) is 0 Å². The zero-order chi connectivity index (χ0) is 23.2. The van der Waals surface area contributed by atoms with Gasteiger partial charge >= 0.3 is 12.1 Å². The Hall–Kier alpha value is -2.80. The summed E-state index contributed by atoms with van der Waals surface area (Å²) < 4.78 is 65.7. The molecule has 3 rings (SSSR count). The Morgan fingerprint density at radius 1 is 1.23 bits per heavy atom. The number of aliphatic hydroxyl groups excluding tert-OH is 1. The van der Waals surface area contributed by atoms with Gasteiger partial charge in [0.15, 0.2) is 17.4 Å². The van der Waals surface area contributed by atoms with Gasteiger partial charge in [-0.25, -0.2) is 18.3 Å². The van der Waals surface area contributed by atoms with Gasteiger partial charge in [0.2, 0.25) is 0 Å². The second kappa shape index (κ2) is 10.5. The summed E-state index contributed by atoms with van der Waals surface area (Å²) in [5, 5.41) is 24.1. The number of alkyl halides is 3. The first-order chi connectivity index (χ1) is 14.5. The Kier molecular flexibility index (Phi) is 8.28. The van der Waals surface area contributed by atoms with E-state index < -0.39 is 23.8 Å². The van der Waals surface area contributed by atoms with E-state index in [2.05, 4.69) is 15.2 Å². The lowest BCUT2D eigenvalue weighted by molar-refractivity contribution is -0.192. The standard InChI is InChI=1S/C16H20F2N4O2.C2HF3O2/c1-24-16-14(17)6-11(7-15(16)18)8-21-4-2-13(3-5-21)22-9-12(10-23)19-20-22;3-2(4,5)1(6)7/h6-7,9,13,23H,2-5,8,10H2,1H3;(H,6,7). The van der Waals surface area contributed by atoms with E-state index in [4.69, 9.17) is 19.7 Å². The molecule has 0 radical (unpaired) electrons. The quantitative estimate of drug-likeness (QED) is 0.673. The van der Waals surface area contributed by atoms with Gasteiger partial charge < -0.3 is 14.9 Å². The maximum atomic E-state index is 13.8. The van der Waals surface area contributed by atoms with Crippen LogP contribution in [0.15, 0.2) is 18.3 Å². The van der Waals surface area contributed by atoms with Gasteiger partial charge in [0, 0.05) is 19.6 Å². The molecule has 1 aromatic carbocycles. The number of hydrogen-bond donors (Lipinski definition) is 2. The summed E-state index contributed by atoms with van der Waals surface area (Å²) in [6.45, 7) is 1.97. The first-order valence-corrected chi connectivity index (χ1v) is 9.11. The molecule has 0 atom stereocenters. The van der Waals surface area contributed by atoms with Gasteiger partial charge in [0.05, 0.1) is 26.0 Å². The molecule has 0 saturated carbocycles. The van der Waals surface area contributed by atoms with E-state index in [1.165, 1.54) is 19.2 Å². The normalized spacial score (nSPS) is 15.3. The van der Waals surface area contributed by atoms with Crippen molar-refractivity contribution >= 4 is 5.97 Å². The third kappa shape index (κ3) is 6.85. The molecule has 2 N–H and O–H groups in total. The van der Waals surface area contributed by atoms with E-state index in [9.17, 15) is 22.0 Å². The molecule has 0 bridgehead atoms. The summed E-state index contributed by atoms with van der Waals surface area (Å²) in [6.07, 6.45) is -1.58. The average molecular weight is 452 g/mol. The smallest absolute Gasteiger partial charge is 0.490 e. The maximum Gasteiger partial charge on any atom is 0.490 e. The van der Waals surface area contributed by atoms with Crippen LogP contribution in [0.3, 0.4) is 0 Å². The molecule has 1 aromatic heterocycles. The first kappa shape index (κ1) is 24.5. The molecule has 1 fully saturated rings. The van der Waals surface area contributed by atoms with Crippen molar-refractivity contribution in [1.29, 1.82) is 0 Å². The molecule has 2 aromatic rings. The van der Waals surface area contributed by atoms with Crippen molar-refractivity contribution in [2.24, 2.45) is 0 Å². The first-order valence-electron chi connectivity index (χ1n) is 9.11. The number of ether oxygens (including phenoxy) is 1. The minimum atomic E-state index is -5.08. The molecule has 0 spiro atoms. The monoisotopic (exact) mass is 452 g/mol. The summed E-state index contributed by atoms with van der Waals surface area (Å²) in [5.41, 5.74) is 1.15. The summed E-state index contributed by atoms with van der Waals surface area (Å²) >= 11 is 0. The van der Waals surface area contributed by atoms with E-state index >= 15 is 0 Å². The molecule has 13 heteroatoms. The number of carboxylic acid groups (broad SMARTS) is 1. The van der Waals surface area contributed by atoms with Crippen molar-refractivity contribution in [1.82, 2.24) is 19.9 Å². The van der Waals surface area contributed by atoms with Gasteiger partial charge in [0.25, 0.3) is 0 Å². The van der Waals surface area contributed by atoms with Gasteiger partial charge in [-0.15, -0.1) is 5.10 Å². The summed E-state index contributed by atoms with van der Waals surface area (Å²) in [7, 11) is 1.25. The number of likely N-dealkylation sites (tertiary alicyclic amines) is 1. The SMILES string of the molecule is COc1c(F)cc(CN2CCC(n3cc(CO)nn3)CC2)cc1F.O=C(O)C(F)(F)F. The molecule has 0 unspecified atom stereocenters. The number of nitrogens with zero attached hydrogens (tertiary/aromatic N) is 4. The van der Waals surface area contributed by atoms with E-state index in [-0.39, 0.29) is 18.4 Å². The molecule has 1 aliphatic rings. The van der Waals surface area contributed by atoms with Crippen molar-refractivity contribution in [3.8, 4) is 5.75 Å². The highest BCUT2D eigenvalue weighted by atomic mass is 19.4. The highest BCUT2D eigenvalue weighted by Crippen LogP contribution is 2.26. The molecule has 1 saturated heterocycles. The number of carbonyl (C=O) groups is 1. The van der Waals surface area contributed by atoms with Crippen LogP contribution in [0.2, 0.25) is 0 Å². The highest BCUT2D eigenvalue weighted by molar-refractivity contribution is 5.73. The maximum absolute atomic E-state index is 13.8. The van der Waals surface area contributed by atoms with Gasteiger partial charge in [-0.05, 0) is 30.5 Å². The largest absolute Gasteiger partial charge is 0.491 e. The van der Waals surface area contributed by atoms with Crippen LogP contribution >= 0.6 is 0 Å². The van der Waals surface area contributed by atoms with Crippen molar-refractivity contribution in [2.75, 3.05) is 20.2 Å². The number of aromatic nitrogens is 3. The molecular weight excluding hydrogens is 431 g/mol. The molecule has 0 aliphatic carbocycles. The number of carboxylic acids is 1. The van der Waals surface area contributed by atoms with Gasteiger partial charge in [-0.1, -0.05) is 5.21 Å². The van der Waals surface area contributed by atoms with Crippen LogP contribution in [0.5, 0.6) is 5.75 Å². The number of aliphatic carboxylic acids is 1. The van der Waals surface area contributed by atoms with Gasteiger partial charge in [-0.2, -0.15) is 13.2 Å². The van der Waals surface area contributed by atoms with Gasteiger partial charge in [-0.3, -0.25) is 4.90 Å². The van der Waals surface area contributed by atoms with Crippen LogP contribution in [0.25, 0.3) is 0 Å². The van der Waals surface area contributed by atoms with Crippen LogP contribution < -0.4 is 4.74 Å². The molecule has 0 amide bonds. The fourth-order valence-corrected chi connectivity index (χ4v) is 3.06. The van der Waals surface area contributed by atoms with E-state index in [0.717, 1.165) is 25.9 Å². The lowest BCUT2D eigenvalue weighted by Crippen LogP contribution is -2.34. The third-order valence-corrected chi connectivity index (χ3v) is 4.56. The van der Waals surface area contributed by atoms with Crippen LogP contribution in [-0.2, 0) is 17.9 Å². The summed E-state index contributed by atoms with van der Waals surface area (Å²) in [6, 6.07) is 2.87. The number of aliphatic hydroxyl groups is 1. The average Bonchev–Trinajstić information content (AvgIpc) is 3.17. The zero-order valence-corrected chi connectivity index (χ0v) is 16.4. The molecule has 31 heavy (non-hydrogen) atoms. The Bertz CT molecular complexity index is 859. The predicted molar refractivity (Wildman–Crippen MR) is 96.1 cm³/mol. The van der Waals surface area contributed by atoms with Gasteiger partial charge in [0.1, 0.15) is 5.69 Å². The molecule has 8 nitrogen and oxygen atoms in total. The van der Waals surface area contributed by atoms with E-state index in [0.29, 0.717) is 17.8 Å². The highest BCUT2D eigenvalue weighted by Gasteiger charge is 2.38. The number of methoxy groups -OCH3 is 1. The number of piperidine rings is 1. The number of halogens is 5. The molecule has 1 aliphatic heterocycles. The predicted octanol–water partition coefficient (Wildman–Crippen LogP) is 2.53. The van der Waals surface area contributed by atoms with Crippen LogP contribution in [0, 0.1) is 11.6 Å². The topological polar surface area (TPSA) is 101 Å². The molecule has 172 valence electrons. The minimum Gasteiger partial charge on any atom is -0.491 e. The Morgan fingerprint density at radius 3 is 2.19 bits per heavy atom. The lowest BCUT2D eigenvalue weighted by atomic mass is 10.0. The molecule has 2 heterocycles. The Morgan fingerprint density at radius 2 is 1.77 bits per heavy atom. The second-order valence-electron chi connectivity index (χ2n) is 6.75. The summed E-state index contributed by atoms with van der Waals surface area (Å²) in [5.74, 6) is -4.46. The van der Waals surface area contributed by atoms with Crippen molar-refractivity contribution in [3.05, 3.63) is 41.2 Å². The number of hydrogen-bond acceptors (Lipinski definition) is 6. The van der Waals surface area contributed by atoms with E-state index in [1.54, 1.807) is 10.9 Å². The lowest BCUT2D eigenvalue weighted by Gasteiger charge is -2.31. The fourth-order valence-electron chi connectivity index (χ4n) is 3.06. The van der Waals surface area contributed by atoms with Crippen molar-refractivity contribution in [2.45, 2.75) is 38.2 Å². The second-order valence-corrected chi connectivity index (χ2v) is 6.75. The Balaban J connectivity index is 0.000000423. The minimum absolute atomic E-state index is 0.118. The third-order valence-electron chi connectivity index (χ3n) is 4.56. The van der Waals surface area contributed by atoms with Crippen LogP contribution in [0.1, 0.15) is 30.1 Å². The fraction of sp³-hybridized carbons (Fsp3) is 0.500. The molecular formula is C18H21F5N4O4. The number of benzene rings is 1. The van der Waals surface area contributed by atoms with Crippen LogP contribution in [0.4, 0.5) is 22.0 Å². The Labute approximate surface area is 173 Å². The zero-order valence-electron chi connectivity index (χ0n) is 16.4. The van der Waals surface area contributed by atoms with Crippen molar-refractivity contribution < 1.29 is 41.7 Å². The van der Waals surface area contributed by atoms with Crippen molar-refractivity contribution in [3.63, 3.8) is 0 Å². The summed E-state index contributed by atoms with van der Waals surface area (Å²) in [4.78, 5) is 11.0.